The Kier molecular flexibility index (Phi) is 9.31. The summed E-state index contributed by atoms with van der Waals surface area (Å²) in [7, 11) is 3.87. The zero-order valence-electron chi connectivity index (χ0n) is 18.5. The zero-order chi connectivity index (χ0) is 24.6. The minimum atomic E-state index is -4.53. The van der Waals surface area contributed by atoms with Crippen LogP contribution in [0.3, 0.4) is 0 Å². The lowest BCUT2D eigenvalue weighted by Crippen LogP contribution is -2.35. The molecule has 1 aromatic heterocycles. The maximum atomic E-state index is 13.0. The predicted octanol–water partition coefficient (Wildman–Crippen LogP) is 3.82. The number of aromatic nitrogens is 2. The summed E-state index contributed by atoms with van der Waals surface area (Å²) in [6.45, 7) is 0.808. The fourth-order valence-electron chi connectivity index (χ4n) is 3.02. The molecule has 0 aliphatic heterocycles. The van der Waals surface area contributed by atoms with Gasteiger partial charge in [0.05, 0.1) is 5.56 Å². The summed E-state index contributed by atoms with van der Waals surface area (Å²) in [5.41, 5.74) is 5.04. The summed E-state index contributed by atoms with van der Waals surface area (Å²) in [6.07, 6.45) is -0.981. The van der Waals surface area contributed by atoms with Gasteiger partial charge in [0.1, 0.15) is 22.7 Å². The monoisotopic (exact) mass is 481 g/mol. The number of nitrogens with zero attached hydrogens (tertiary/aromatic N) is 4. The first-order chi connectivity index (χ1) is 15.5. The molecule has 1 heterocycles. The molecular weight excluding hydrogens is 455 g/mol. The molecule has 12 heteroatoms. The van der Waals surface area contributed by atoms with Gasteiger partial charge in [-0.25, -0.2) is 4.98 Å². The third-order valence-electron chi connectivity index (χ3n) is 4.63. The number of amides is 1. The third-order valence-corrected chi connectivity index (χ3v) is 5.31. The molecule has 0 unspecified atom stereocenters. The number of nitrogens with two attached hydrogens (primary N) is 1. The Morgan fingerprint density at radius 2 is 2.03 bits per heavy atom. The number of unbranched alkanes of at least 4 members (excludes halogenated alkanes) is 1. The van der Waals surface area contributed by atoms with Crippen LogP contribution in [0.25, 0.3) is 0 Å². The van der Waals surface area contributed by atoms with Gasteiger partial charge in [0, 0.05) is 5.69 Å². The van der Waals surface area contributed by atoms with Crippen molar-refractivity contribution in [2.75, 3.05) is 43.3 Å². The highest BCUT2D eigenvalue weighted by Crippen LogP contribution is 2.31. The molecule has 0 bridgehead atoms. The minimum Gasteiger partial charge on any atom is -0.368 e. The van der Waals surface area contributed by atoms with E-state index >= 15 is 0 Å². The van der Waals surface area contributed by atoms with Crippen LogP contribution < -0.4 is 16.4 Å². The quantitative estimate of drug-likeness (QED) is 0.266. The molecule has 2 rings (SSSR count). The zero-order valence-corrected chi connectivity index (χ0v) is 19.3. The van der Waals surface area contributed by atoms with Crippen molar-refractivity contribution in [2.24, 2.45) is 0 Å². The van der Waals surface area contributed by atoms with Crippen LogP contribution in [0.2, 0.25) is 0 Å². The Morgan fingerprint density at radius 1 is 1.30 bits per heavy atom. The van der Waals surface area contributed by atoms with Gasteiger partial charge in [-0.2, -0.15) is 23.4 Å². The van der Waals surface area contributed by atoms with Crippen molar-refractivity contribution < 1.29 is 18.0 Å². The van der Waals surface area contributed by atoms with Crippen molar-refractivity contribution in [3.8, 4) is 6.07 Å². The lowest BCUT2D eigenvalue weighted by molar-refractivity contribution is -0.137. The molecule has 2 aromatic rings. The van der Waals surface area contributed by atoms with E-state index in [2.05, 4.69) is 20.6 Å². The first-order valence-corrected chi connectivity index (χ1v) is 11.3. The van der Waals surface area contributed by atoms with Crippen LogP contribution in [0.4, 0.5) is 30.6 Å². The maximum absolute atomic E-state index is 13.0. The second-order valence-corrected chi connectivity index (χ2v) is 8.29. The average Bonchev–Trinajstić information content (AvgIpc) is 2.74. The number of nitriles is 1. The van der Waals surface area contributed by atoms with E-state index in [0.717, 1.165) is 25.1 Å². The Labute approximate surface area is 194 Å². The number of nitrogens with one attached hydrogen (secondary N) is 2. The van der Waals surface area contributed by atoms with Gasteiger partial charge in [0.15, 0.2) is 5.82 Å². The smallest absolute Gasteiger partial charge is 0.368 e. The number of rotatable bonds is 10. The topological polar surface area (TPSA) is 120 Å². The first-order valence-electron chi connectivity index (χ1n) is 10.1. The van der Waals surface area contributed by atoms with Crippen molar-refractivity contribution in [1.29, 1.82) is 5.26 Å². The van der Waals surface area contributed by atoms with Gasteiger partial charge in [-0.3, -0.25) is 4.79 Å². The van der Waals surface area contributed by atoms with Crippen LogP contribution in [0, 0.1) is 11.3 Å². The van der Waals surface area contributed by atoms with Crippen molar-refractivity contribution in [2.45, 2.75) is 36.5 Å². The largest absolute Gasteiger partial charge is 0.416 e. The molecule has 0 saturated carbocycles. The van der Waals surface area contributed by atoms with Crippen molar-refractivity contribution >= 4 is 35.1 Å². The number of carbonyl (C=O) groups excluding carboxylic acids is 1. The number of thioether (sulfide) groups is 1. The molecule has 0 fully saturated rings. The number of benzene rings is 1. The van der Waals surface area contributed by atoms with E-state index in [-0.39, 0.29) is 23.0 Å². The van der Waals surface area contributed by atoms with Gasteiger partial charge < -0.3 is 21.3 Å². The van der Waals surface area contributed by atoms with Crippen molar-refractivity contribution in [3.63, 3.8) is 0 Å². The molecule has 1 atom stereocenters. The molecule has 178 valence electrons. The standard InChI is InChI=1S/C21H26F3N7OS/c1-31(2)10-5-4-9-16(28-17-15(12-25)19(33-3)30-20(26)29-17)18(32)27-14-8-6-7-13(11-14)21(22,23)24/h6-8,11,16H,4-5,9-10H2,1-3H3,(H,27,32)(H3,26,28,29,30)/t16-/m0/s1. The van der Waals surface area contributed by atoms with Crippen LogP contribution in [0.1, 0.15) is 30.4 Å². The average molecular weight is 482 g/mol. The third kappa shape index (κ3) is 7.80. The van der Waals surface area contributed by atoms with E-state index in [1.54, 1.807) is 6.26 Å². The first kappa shape index (κ1) is 26.2. The second-order valence-electron chi connectivity index (χ2n) is 7.49. The Hall–Kier alpha value is -3.04. The molecule has 8 nitrogen and oxygen atoms in total. The molecule has 0 aliphatic carbocycles. The molecule has 0 saturated heterocycles. The lowest BCUT2D eigenvalue weighted by Gasteiger charge is -2.21. The summed E-state index contributed by atoms with van der Waals surface area (Å²) in [5.74, 6) is -0.511. The van der Waals surface area contributed by atoms with E-state index in [4.69, 9.17) is 5.73 Å². The lowest BCUT2D eigenvalue weighted by atomic mass is 10.1. The molecule has 0 radical (unpaired) electrons. The molecule has 4 N–H and O–H groups in total. The summed E-state index contributed by atoms with van der Waals surface area (Å²) in [6, 6.07) is 5.56. The summed E-state index contributed by atoms with van der Waals surface area (Å²) in [5, 5.41) is 15.4. The Balaban J connectivity index is 2.28. The molecular formula is C21H26F3N7OS. The highest BCUT2D eigenvalue weighted by molar-refractivity contribution is 7.98. The number of alkyl halides is 3. The highest BCUT2D eigenvalue weighted by atomic mass is 32.2. The van der Waals surface area contributed by atoms with Crippen LogP contribution in [0.5, 0.6) is 0 Å². The molecule has 33 heavy (non-hydrogen) atoms. The van der Waals surface area contributed by atoms with E-state index in [1.807, 2.05) is 25.1 Å². The SMILES string of the molecule is CSc1nc(N)nc(N[C@@H](CCCCN(C)C)C(=O)Nc2cccc(C(F)(F)F)c2)c1C#N. The van der Waals surface area contributed by atoms with E-state index in [9.17, 15) is 23.2 Å². The van der Waals surface area contributed by atoms with Gasteiger partial charge in [0.2, 0.25) is 11.9 Å². The van der Waals surface area contributed by atoms with E-state index in [1.165, 1.54) is 23.9 Å². The fourth-order valence-corrected chi connectivity index (χ4v) is 3.55. The summed E-state index contributed by atoms with van der Waals surface area (Å²) in [4.78, 5) is 23.1. The van der Waals surface area contributed by atoms with Crippen LogP contribution in [-0.4, -0.2) is 53.7 Å². The molecule has 0 spiro atoms. The van der Waals surface area contributed by atoms with Gasteiger partial charge in [-0.1, -0.05) is 6.07 Å². The van der Waals surface area contributed by atoms with E-state index in [0.29, 0.717) is 17.9 Å². The van der Waals surface area contributed by atoms with Gasteiger partial charge >= 0.3 is 6.18 Å². The Morgan fingerprint density at radius 3 is 2.64 bits per heavy atom. The predicted molar refractivity (Wildman–Crippen MR) is 123 cm³/mol. The number of hydrogen-bond acceptors (Lipinski definition) is 8. The number of hydrogen-bond donors (Lipinski definition) is 3. The number of carbonyl (C=O) groups is 1. The van der Waals surface area contributed by atoms with Crippen molar-refractivity contribution in [1.82, 2.24) is 14.9 Å². The summed E-state index contributed by atoms with van der Waals surface area (Å²) >= 11 is 1.21. The van der Waals surface area contributed by atoms with Gasteiger partial charge in [-0.05, 0) is 64.4 Å². The maximum Gasteiger partial charge on any atom is 0.416 e. The number of halogens is 3. The van der Waals surface area contributed by atoms with Crippen LogP contribution >= 0.6 is 11.8 Å². The fraction of sp³-hybridized carbons (Fsp3) is 0.429. The normalized spacial score (nSPS) is 12.3. The molecule has 1 aromatic carbocycles. The minimum absolute atomic E-state index is 0.0161. The Bertz CT molecular complexity index is 1010. The summed E-state index contributed by atoms with van der Waals surface area (Å²) < 4.78 is 39.1. The number of nitrogen functional groups attached to an aromatic ring is 1. The molecule has 0 aliphatic rings. The van der Waals surface area contributed by atoms with Crippen LogP contribution in [-0.2, 0) is 11.0 Å². The highest BCUT2D eigenvalue weighted by Gasteiger charge is 2.31. The molecule has 1 amide bonds. The van der Waals surface area contributed by atoms with Crippen molar-refractivity contribution in [3.05, 3.63) is 35.4 Å². The van der Waals surface area contributed by atoms with Gasteiger partial charge in [0.25, 0.3) is 0 Å². The second kappa shape index (κ2) is 11.7. The van der Waals surface area contributed by atoms with Gasteiger partial charge in [-0.15, -0.1) is 11.8 Å². The number of anilines is 3. The van der Waals surface area contributed by atoms with Crippen LogP contribution in [0.15, 0.2) is 29.3 Å². The van der Waals surface area contributed by atoms with E-state index < -0.39 is 23.7 Å².